The molecule has 17 heavy (non-hydrogen) atoms. The fourth-order valence-electron chi connectivity index (χ4n) is 1.33. The van der Waals surface area contributed by atoms with E-state index in [2.05, 4.69) is 4.72 Å². The van der Waals surface area contributed by atoms with E-state index < -0.39 is 22.2 Å². The number of hydrogen-bond donors (Lipinski definition) is 2. The van der Waals surface area contributed by atoms with Crippen molar-refractivity contribution in [2.75, 3.05) is 7.05 Å². The first-order valence-corrected chi connectivity index (χ1v) is 7.11. The van der Waals surface area contributed by atoms with Gasteiger partial charge in [0.05, 0.1) is 6.42 Å². The van der Waals surface area contributed by atoms with Gasteiger partial charge in [0, 0.05) is 19.1 Å². The van der Waals surface area contributed by atoms with Gasteiger partial charge in [0.1, 0.15) is 0 Å². The van der Waals surface area contributed by atoms with Gasteiger partial charge in [-0.1, -0.05) is 13.3 Å². The van der Waals surface area contributed by atoms with Crippen LogP contribution in [0.15, 0.2) is 0 Å². The number of rotatable bonds is 8. The van der Waals surface area contributed by atoms with Crippen LogP contribution in [0.3, 0.4) is 0 Å². The van der Waals surface area contributed by atoms with E-state index in [1.54, 1.807) is 13.8 Å². The first kappa shape index (κ1) is 16.3. The summed E-state index contributed by atoms with van der Waals surface area (Å²) in [4.78, 5) is 10.6. The first-order chi connectivity index (χ1) is 7.70. The Balaban J connectivity index is 4.68. The average Bonchev–Trinajstić information content (AvgIpc) is 2.14. The van der Waals surface area contributed by atoms with Gasteiger partial charge in [-0.15, -0.1) is 0 Å². The highest BCUT2D eigenvalue weighted by molar-refractivity contribution is 7.87. The number of carboxylic acid groups (broad SMARTS) is 1. The van der Waals surface area contributed by atoms with Crippen molar-refractivity contribution in [3.8, 4) is 0 Å². The summed E-state index contributed by atoms with van der Waals surface area (Å²) in [5, 5.41) is 8.71. The topological polar surface area (TPSA) is 86.7 Å². The predicted octanol–water partition coefficient (Wildman–Crippen LogP) is 0.804. The molecule has 0 aromatic carbocycles. The van der Waals surface area contributed by atoms with Crippen molar-refractivity contribution in [3.05, 3.63) is 0 Å². The fraction of sp³-hybridized carbons (Fsp3) is 0.900. The third-order valence-electron chi connectivity index (χ3n) is 2.48. The van der Waals surface area contributed by atoms with Gasteiger partial charge >= 0.3 is 5.97 Å². The molecular formula is C10H22N2O4S. The second-order valence-corrected chi connectivity index (χ2v) is 6.08. The Bertz CT molecular complexity index is 340. The molecule has 0 bridgehead atoms. The molecule has 0 saturated heterocycles. The summed E-state index contributed by atoms with van der Waals surface area (Å²) in [6.45, 7) is 5.39. The monoisotopic (exact) mass is 266 g/mol. The molecule has 6 nitrogen and oxygen atoms in total. The van der Waals surface area contributed by atoms with Crippen molar-refractivity contribution in [3.63, 3.8) is 0 Å². The van der Waals surface area contributed by atoms with Crippen LogP contribution < -0.4 is 4.72 Å². The molecule has 1 atom stereocenters. The standard InChI is InChI=1S/C10H22N2O4S/c1-5-6-9(7-10(13)14)11-17(15,16)12(4)8(2)3/h8-9,11H,5-7H2,1-4H3,(H,13,14). The van der Waals surface area contributed by atoms with Crippen LogP contribution in [0, 0.1) is 0 Å². The molecule has 0 amide bonds. The van der Waals surface area contributed by atoms with E-state index in [-0.39, 0.29) is 12.5 Å². The summed E-state index contributed by atoms with van der Waals surface area (Å²) in [5.41, 5.74) is 0. The van der Waals surface area contributed by atoms with Gasteiger partial charge in [-0.3, -0.25) is 4.79 Å². The van der Waals surface area contributed by atoms with Crippen molar-refractivity contribution in [2.24, 2.45) is 0 Å². The Kier molecular flexibility index (Phi) is 6.66. The van der Waals surface area contributed by atoms with Crippen LogP contribution in [0.25, 0.3) is 0 Å². The van der Waals surface area contributed by atoms with E-state index in [1.807, 2.05) is 6.92 Å². The zero-order valence-corrected chi connectivity index (χ0v) is 11.6. The quantitative estimate of drug-likeness (QED) is 0.680. The smallest absolute Gasteiger partial charge is 0.304 e. The van der Waals surface area contributed by atoms with Crippen LogP contribution in [0.4, 0.5) is 0 Å². The van der Waals surface area contributed by atoms with Crippen LogP contribution in [0.5, 0.6) is 0 Å². The Morgan fingerprint density at radius 3 is 2.29 bits per heavy atom. The van der Waals surface area contributed by atoms with E-state index in [4.69, 9.17) is 5.11 Å². The van der Waals surface area contributed by atoms with E-state index in [0.29, 0.717) is 6.42 Å². The van der Waals surface area contributed by atoms with Crippen molar-refractivity contribution in [1.29, 1.82) is 0 Å². The van der Waals surface area contributed by atoms with Crippen molar-refractivity contribution < 1.29 is 18.3 Å². The first-order valence-electron chi connectivity index (χ1n) is 5.67. The highest BCUT2D eigenvalue weighted by atomic mass is 32.2. The van der Waals surface area contributed by atoms with Crippen molar-refractivity contribution in [1.82, 2.24) is 9.03 Å². The van der Waals surface area contributed by atoms with Gasteiger partial charge in [0.2, 0.25) is 0 Å². The Labute approximate surface area is 103 Å². The van der Waals surface area contributed by atoms with Crippen LogP contribution in [0.2, 0.25) is 0 Å². The van der Waals surface area contributed by atoms with Crippen molar-refractivity contribution in [2.45, 2.75) is 52.1 Å². The molecular weight excluding hydrogens is 244 g/mol. The molecule has 0 rings (SSSR count). The molecule has 102 valence electrons. The highest BCUT2D eigenvalue weighted by Gasteiger charge is 2.25. The summed E-state index contributed by atoms with van der Waals surface area (Å²) in [5.74, 6) is -1.00. The summed E-state index contributed by atoms with van der Waals surface area (Å²) in [6.07, 6.45) is 1.04. The lowest BCUT2D eigenvalue weighted by atomic mass is 10.1. The predicted molar refractivity (Wildman–Crippen MR) is 65.9 cm³/mol. The SMILES string of the molecule is CCCC(CC(=O)O)NS(=O)(=O)N(C)C(C)C. The number of hydrogen-bond acceptors (Lipinski definition) is 3. The van der Waals surface area contributed by atoms with Gasteiger partial charge < -0.3 is 5.11 Å². The number of aliphatic carboxylic acids is 1. The number of nitrogens with one attached hydrogen (secondary N) is 1. The maximum Gasteiger partial charge on any atom is 0.304 e. The minimum Gasteiger partial charge on any atom is -0.481 e. The third kappa shape index (κ3) is 5.99. The van der Waals surface area contributed by atoms with Crippen molar-refractivity contribution >= 4 is 16.2 Å². The minimum absolute atomic E-state index is 0.167. The second kappa shape index (κ2) is 6.93. The molecule has 0 heterocycles. The molecule has 2 N–H and O–H groups in total. The van der Waals surface area contributed by atoms with Crippen LogP contribution >= 0.6 is 0 Å². The van der Waals surface area contributed by atoms with Crippen LogP contribution in [-0.4, -0.2) is 42.9 Å². The molecule has 0 aliphatic carbocycles. The maximum atomic E-state index is 11.9. The number of carbonyl (C=O) groups is 1. The zero-order valence-electron chi connectivity index (χ0n) is 10.8. The average molecular weight is 266 g/mol. The molecule has 0 aromatic rings. The van der Waals surface area contributed by atoms with Gasteiger partial charge in [-0.25, -0.2) is 0 Å². The summed E-state index contributed by atoms with van der Waals surface area (Å²) >= 11 is 0. The molecule has 0 aromatic heterocycles. The molecule has 0 radical (unpaired) electrons. The summed E-state index contributed by atoms with van der Waals surface area (Å²) in [7, 11) is -2.14. The Morgan fingerprint density at radius 1 is 1.41 bits per heavy atom. The number of carboxylic acids is 1. The lowest BCUT2D eigenvalue weighted by molar-refractivity contribution is -0.137. The normalized spacial score (nSPS) is 14.2. The zero-order chi connectivity index (χ0) is 13.6. The van der Waals surface area contributed by atoms with E-state index >= 15 is 0 Å². The molecule has 0 aliphatic heterocycles. The molecule has 0 saturated carbocycles. The molecule has 7 heteroatoms. The minimum atomic E-state index is -3.61. The Morgan fingerprint density at radius 2 is 1.94 bits per heavy atom. The summed E-state index contributed by atoms with van der Waals surface area (Å²) < 4.78 is 27.3. The molecule has 0 spiro atoms. The largest absolute Gasteiger partial charge is 0.481 e. The van der Waals surface area contributed by atoms with Gasteiger partial charge in [-0.05, 0) is 20.3 Å². The lowest BCUT2D eigenvalue weighted by Crippen LogP contribution is -2.46. The summed E-state index contributed by atoms with van der Waals surface area (Å²) in [6, 6.07) is -0.719. The van der Waals surface area contributed by atoms with Crippen LogP contribution in [0.1, 0.15) is 40.0 Å². The van der Waals surface area contributed by atoms with E-state index in [1.165, 1.54) is 11.4 Å². The second-order valence-electron chi connectivity index (χ2n) is 4.32. The van der Waals surface area contributed by atoms with Gasteiger partial charge in [-0.2, -0.15) is 17.4 Å². The molecule has 0 fully saturated rings. The van der Waals surface area contributed by atoms with E-state index in [9.17, 15) is 13.2 Å². The van der Waals surface area contributed by atoms with Gasteiger partial charge in [0.25, 0.3) is 10.2 Å². The molecule has 0 aliphatic rings. The Hall–Kier alpha value is -0.660. The third-order valence-corrected chi connectivity index (χ3v) is 4.29. The van der Waals surface area contributed by atoms with Crippen LogP contribution in [-0.2, 0) is 15.0 Å². The number of nitrogens with zero attached hydrogens (tertiary/aromatic N) is 1. The molecule has 1 unspecified atom stereocenters. The lowest BCUT2D eigenvalue weighted by Gasteiger charge is -2.24. The maximum absolute atomic E-state index is 11.9. The van der Waals surface area contributed by atoms with Gasteiger partial charge in [0.15, 0.2) is 0 Å². The fourth-order valence-corrected chi connectivity index (χ4v) is 2.68. The van der Waals surface area contributed by atoms with E-state index in [0.717, 1.165) is 6.42 Å². The highest BCUT2D eigenvalue weighted by Crippen LogP contribution is 2.07.